The summed E-state index contributed by atoms with van der Waals surface area (Å²) in [6, 6.07) is 8.08. The lowest BCUT2D eigenvalue weighted by atomic mass is 10.2. The van der Waals surface area contributed by atoms with Gasteiger partial charge in [-0.3, -0.25) is 9.59 Å². The number of carbonyl (C=O) groups is 1. The highest BCUT2D eigenvalue weighted by Crippen LogP contribution is 2.21. The molecule has 0 unspecified atom stereocenters. The monoisotopic (exact) mass is 371 g/mol. The molecule has 1 aliphatic heterocycles. The van der Waals surface area contributed by atoms with Crippen molar-refractivity contribution < 1.29 is 13.9 Å². The highest BCUT2D eigenvalue weighted by molar-refractivity contribution is 7.13. The van der Waals surface area contributed by atoms with Gasteiger partial charge in [0.1, 0.15) is 5.58 Å². The van der Waals surface area contributed by atoms with Gasteiger partial charge in [0, 0.05) is 24.5 Å². The molecule has 2 aromatic heterocycles. The molecule has 3 aromatic rings. The molecule has 0 radical (unpaired) electrons. The zero-order valence-corrected chi connectivity index (χ0v) is 14.8. The second kappa shape index (κ2) is 7.27. The summed E-state index contributed by atoms with van der Waals surface area (Å²) >= 11 is 1.54. The van der Waals surface area contributed by atoms with Gasteiger partial charge in [0.05, 0.1) is 30.8 Å². The highest BCUT2D eigenvalue weighted by atomic mass is 32.1. The summed E-state index contributed by atoms with van der Waals surface area (Å²) in [5.41, 5.74) is 0.932. The van der Waals surface area contributed by atoms with E-state index in [2.05, 4.69) is 15.2 Å². The van der Waals surface area contributed by atoms with Crippen LogP contribution in [0.15, 0.2) is 44.9 Å². The minimum atomic E-state index is -0.436. The van der Waals surface area contributed by atoms with Crippen molar-refractivity contribution in [3.8, 4) is 0 Å². The van der Waals surface area contributed by atoms with Gasteiger partial charge in [0.25, 0.3) is 5.91 Å². The second-order valence-electron chi connectivity index (χ2n) is 5.87. The Morgan fingerprint density at radius 3 is 2.92 bits per heavy atom. The summed E-state index contributed by atoms with van der Waals surface area (Å²) in [5, 5.41) is 6.05. The molecule has 1 N–H and O–H groups in total. The molecule has 0 saturated carbocycles. The predicted molar refractivity (Wildman–Crippen MR) is 98.8 cm³/mol. The Morgan fingerprint density at radius 2 is 2.08 bits per heavy atom. The molecular weight excluding hydrogens is 354 g/mol. The molecule has 1 aliphatic rings. The molecule has 0 atom stereocenters. The summed E-state index contributed by atoms with van der Waals surface area (Å²) in [5.74, 6) is -0.439. The SMILES string of the molecule is O=C(NCc1csc(N2CCOCC2)n1)c1cc(=O)c2ccccc2o1. The molecule has 3 heterocycles. The minimum absolute atomic E-state index is 0.00247. The largest absolute Gasteiger partial charge is 0.451 e. The van der Waals surface area contributed by atoms with Crippen molar-refractivity contribution >= 4 is 33.3 Å². The minimum Gasteiger partial charge on any atom is -0.451 e. The van der Waals surface area contributed by atoms with Crippen molar-refractivity contribution in [3.05, 3.63) is 57.4 Å². The molecule has 1 amide bonds. The average Bonchev–Trinajstić information content (AvgIpc) is 3.16. The maximum Gasteiger partial charge on any atom is 0.287 e. The summed E-state index contributed by atoms with van der Waals surface area (Å²) in [6.07, 6.45) is 0. The molecule has 0 aliphatic carbocycles. The number of amides is 1. The van der Waals surface area contributed by atoms with E-state index in [0.717, 1.165) is 23.9 Å². The van der Waals surface area contributed by atoms with Gasteiger partial charge < -0.3 is 19.4 Å². The fourth-order valence-electron chi connectivity index (χ4n) is 2.75. The van der Waals surface area contributed by atoms with Gasteiger partial charge in [-0.05, 0) is 12.1 Å². The molecule has 1 saturated heterocycles. The first-order chi connectivity index (χ1) is 12.7. The van der Waals surface area contributed by atoms with Crippen LogP contribution in [0.25, 0.3) is 11.0 Å². The summed E-state index contributed by atoms with van der Waals surface area (Å²) in [4.78, 5) is 31.1. The van der Waals surface area contributed by atoms with Crippen molar-refractivity contribution in [2.45, 2.75) is 6.54 Å². The van der Waals surface area contributed by atoms with Crippen LogP contribution in [0.5, 0.6) is 0 Å². The van der Waals surface area contributed by atoms with E-state index in [4.69, 9.17) is 9.15 Å². The predicted octanol–water partition coefficient (Wildman–Crippen LogP) is 2.02. The molecule has 0 bridgehead atoms. The quantitative estimate of drug-likeness (QED) is 0.755. The maximum atomic E-state index is 12.3. The Hall–Kier alpha value is -2.71. The fraction of sp³-hybridized carbons (Fsp3) is 0.278. The maximum absolute atomic E-state index is 12.3. The molecule has 0 spiro atoms. The molecule has 134 valence electrons. The number of benzene rings is 1. The normalized spacial score (nSPS) is 14.5. The standard InChI is InChI=1S/C18H17N3O4S/c22-14-9-16(25-15-4-2-1-3-13(14)15)17(23)19-10-12-11-26-18(20-12)21-5-7-24-8-6-21/h1-4,9,11H,5-8,10H2,(H,19,23). The highest BCUT2D eigenvalue weighted by Gasteiger charge is 2.16. The molecule has 8 heteroatoms. The van der Waals surface area contributed by atoms with Gasteiger partial charge in [0.2, 0.25) is 0 Å². The second-order valence-corrected chi connectivity index (χ2v) is 6.71. The smallest absolute Gasteiger partial charge is 0.287 e. The van der Waals surface area contributed by atoms with Crippen LogP contribution in [0.4, 0.5) is 5.13 Å². The van der Waals surface area contributed by atoms with Crippen molar-refractivity contribution in [2.75, 3.05) is 31.2 Å². The van der Waals surface area contributed by atoms with Gasteiger partial charge in [0.15, 0.2) is 16.3 Å². The van der Waals surface area contributed by atoms with Crippen LogP contribution in [0, 0.1) is 0 Å². The van der Waals surface area contributed by atoms with E-state index in [1.54, 1.807) is 35.6 Å². The van der Waals surface area contributed by atoms with Gasteiger partial charge >= 0.3 is 0 Å². The third-order valence-electron chi connectivity index (χ3n) is 4.11. The molecular formula is C18H17N3O4S. The zero-order chi connectivity index (χ0) is 17.9. The lowest BCUT2D eigenvalue weighted by Gasteiger charge is -2.26. The number of fused-ring (bicyclic) bond motifs is 1. The van der Waals surface area contributed by atoms with Gasteiger partial charge in [-0.2, -0.15) is 0 Å². The van der Waals surface area contributed by atoms with E-state index < -0.39 is 5.91 Å². The number of hydrogen-bond acceptors (Lipinski definition) is 7. The van der Waals surface area contributed by atoms with Crippen LogP contribution in [-0.4, -0.2) is 37.2 Å². The number of aromatic nitrogens is 1. The number of morpholine rings is 1. The Labute approximate surface area is 153 Å². The van der Waals surface area contributed by atoms with Crippen LogP contribution in [-0.2, 0) is 11.3 Å². The number of thiazole rings is 1. The van der Waals surface area contributed by atoms with Gasteiger partial charge in [-0.15, -0.1) is 11.3 Å². The first kappa shape index (κ1) is 16.7. The Kier molecular flexibility index (Phi) is 4.68. The Morgan fingerprint density at radius 1 is 1.27 bits per heavy atom. The molecule has 1 aromatic carbocycles. The van der Waals surface area contributed by atoms with Crippen LogP contribution in [0.1, 0.15) is 16.2 Å². The van der Waals surface area contributed by atoms with E-state index >= 15 is 0 Å². The Bertz CT molecular complexity index is 991. The summed E-state index contributed by atoms with van der Waals surface area (Å²) in [7, 11) is 0. The van der Waals surface area contributed by atoms with Crippen LogP contribution >= 0.6 is 11.3 Å². The topological polar surface area (TPSA) is 84.7 Å². The van der Waals surface area contributed by atoms with Crippen LogP contribution in [0.2, 0.25) is 0 Å². The van der Waals surface area contributed by atoms with Gasteiger partial charge in [-0.1, -0.05) is 12.1 Å². The van der Waals surface area contributed by atoms with Crippen LogP contribution in [0.3, 0.4) is 0 Å². The lowest BCUT2D eigenvalue weighted by molar-refractivity contribution is 0.0923. The van der Waals surface area contributed by atoms with E-state index in [1.807, 2.05) is 5.38 Å². The number of para-hydroxylation sites is 1. The van der Waals surface area contributed by atoms with Crippen molar-refractivity contribution in [3.63, 3.8) is 0 Å². The third kappa shape index (κ3) is 3.47. The van der Waals surface area contributed by atoms with E-state index in [0.29, 0.717) is 24.2 Å². The van der Waals surface area contributed by atoms with Crippen LogP contribution < -0.4 is 15.6 Å². The summed E-state index contributed by atoms with van der Waals surface area (Å²) < 4.78 is 10.9. The number of rotatable bonds is 4. The zero-order valence-electron chi connectivity index (χ0n) is 13.9. The number of ether oxygens (including phenoxy) is 1. The number of nitrogens with zero attached hydrogens (tertiary/aromatic N) is 2. The van der Waals surface area contributed by atoms with E-state index in [9.17, 15) is 9.59 Å². The molecule has 26 heavy (non-hydrogen) atoms. The summed E-state index contributed by atoms with van der Waals surface area (Å²) in [6.45, 7) is 3.32. The number of carbonyl (C=O) groups excluding carboxylic acids is 1. The number of nitrogens with one attached hydrogen (secondary N) is 1. The van der Waals surface area contributed by atoms with E-state index in [-0.39, 0.29) is 17.7 Å². The first-order valence-corrected chi connectivity index (χ1v) is 9.17. The first-order valence-electron chi connectivity index (χ1n) is 8.29. The van der Waals surface area contributed by atoms with Crippen molar-refractivity contribution in [1.82, 2.24) is 10.3 Å². The number of anilines is 1. The van der Waals surface area contributed by atoms with Gasteiger partial charge in [-0.25, -0.2) is 4.98 Å². The average molecular weight is 371 g/mol. The molecule has 7 nitrogen and oxygen atoms in total. The van der Waals surface area contributed by atoms with E-state index in [1.165, 1.54) is 6.07 Å². The van der Waals surface area contributed by atoms with Crippen molar-refractivity contribution in [1.29, 1.82) is 0 Å². The molecule has 4 rings (SSSR count). The van der Waals surface area contributed by atoms with Crippen molar-refractivity contribution in [2.24, 2.45) is 0 Å². The molecule has 1 fully saturated rings. The number of hydrogen-bond donors (Lipinski definition) is 1. The fourth-order valence-corrected chi connectivity index (χ4v) is 3.63. The lowest BCUT2D eigenvalue weighted by Crippen LogP contribution is -2.36. The third-order valence-corrected chi connectivity index (χ3v) is 5.06. The Balaban J connectivity index is 1.44.